The van der Waals surface area contributed by atoms with E-state index in [1.54, 1.807) is 0 Å². The van der Waals surface area contributed by atoms with Crippen molar-refractivity contribution in [3.63, 3.8) is 0 Å². The molecular weight excluding hydrogens is 189 g/mol. The van der Waals surface area contributed by atoms with Gasteiger partial charge < -0.3 is 9.84 Å². The molecule has 0 aliphatic rings. The summed E-state index contributed by atoms with van der Waals surface area (Å²) in [6, 6.07) is 0. The maximum atomic E-state index is 11.5. The van der Waals surface area contributed by atoms with Gasteiger partial charge in [-0.15, -0.1) is 0 Å². The van der Waals surface area contributed by atoms with Crippen molar-refractivity contribution in [3.05, 3.63) is 12.2 Å². The minimum atomic E-state index is -4.37. The van der Waals surface area contributed by atoms with Crippen molar-refractivity contribution in [2.45, 2.75) is 12.6 Å². The van der Waals surface area contributed by atoms with Crippen LogP contribution in [0.1, 0.15) is 6.42 Å². The van der Waals surface area contributed by atoms with Gasteiger partial charge in [0.1, 0.15) is 6.61 Å². The van der Waals surface area contributed by atoms with Gasteiger partial charge in [0.25, 0.3) is 0 Å². The van der Waals surface area contributed by atoms with E-state index < -0.39 is 18.8 Å². The van der Waals surface area contributed by atoms with Crippen LogP contribution in [0, 0.1) is 0 Å². The first kappa shape index (κ1) is 12.0. The summed E-state index contributed by atoms with van der Waals surface area (Å²) < 4.78 is 38.6. The number of ether oxygens (including phenoxy) is 1. The van der Waals surface area contributed by atoms with Crippen molar-refractivity contribution < 1.29 is 27.8 Å². The molecule has 0 aromatic carbocycles. The molecule has 0 spiro atoms. The molecule has 0 heterocycles. The molecule has 0 bridgehead atoms. The average molecular weight is 198 g/mol. The summed E-state index contributed by atoms with van der Waals surface area (Å²) in [5, 5.41) is 8.26. The van der Waals surface area contributed by atoms with E-state index in [1.807, 2.05) is 0 Å². The first-order valence-corrected chi connectivity index (χ1v) is 3.38. The Balaban J connectivity index is 3.47. The highest BCUT2D eigenvalue weighted by atomic mass is 19.4. The quantitative estimate of drug-likeness (QED) is 0.539. The lowest BCUT2D eigenvalue weighted by atomic mass is 10.2. The number of hydrogen-bond acceptors (Lipinski definition) is 2. The lowest BCUT2D eigenvalue weighted by Crippen LogP contribution is -2.17. The van der Waals surface area contributed by atoms with Gasteiger partial charge in [-0.25, -0.2) is 4.79 Å². The van der Waals surface area contributed by atoms with Crippen LogP contribution in [0.4, 0.5) is 13.2 Å². The predicted molar refractivity (Wildman–Crippen MR) is 38.3 cm³/mol. The molecule has 3 nitrogen and oxygen atoms in total. The summed E-state index contributed by atoms with van der Waals surface area (Å²) in [4.78, 5) is 10.1. The van der Waals surface area contributed by atoms with E-state index in [4.69, 9.17) is 5.11 Å². The molecule has 0 radical (unpaired) electrons. The molecule has 0 aliphatic carbocycles. The van der Waals surface area contributed by atoms with Gasteiger partial charge in [0.05, 0.1) is 6.61 Å². The lowest BCUT2D eigenvalue weighted by Gasteiger charge is -2.06. The summed E-state index contributed by atoms with van der Waals surface area (Å²) in [6.07, 6.45) is -4.48. The number of carboxylic acids is 1. The molecule has 76 valence electrons. The Labute approximate surface area is 72.8 Å². The molecule has 0 saturated heterocycles. The molecular formula is C7H9F3O3. The summed E-state index contributed by atoms with van der Waals surface area (Å²) >= 11 is 0. The molecule has 13 heavy (non-hydrogen) atoms. The number of carbonyl (C=O) groups is 1. The predicted octanol–water partition coefficient (Wildman–Crippen LogP) is 1.60. The molecule has 0 rings (SSSR count). The zero-order valence-electron chi connectivity index (χ0n) is 6.73. The molecule has 0 atom stereocenters. The van der Waals surface area contributed by atoms with Crippen LogP contribution < -0.4 is 0 Å². The average Bonchev–Trinajstić information content (AvgIpc) is 1.95. The summed E-state index contributed by atoms with van der Waals surface area (Å²) in [5.41, 5.74) is -0.165. The Morgan fingerprint density at radius 2 is 2.00 bits per heavy atom. The zero-order chi connectivity index (χ0) is 10.5. The van der Waals surface area contributed by atoms with Gasteiger partial charge in [-0.05, 0) is 0 Å². The van der Waals surface area contributed by atoms with Gasteiger partial charge in [0.15, 0.2) is 0 Å². The van der Waals surface area contributed by atoms with Crippen molar-refractivity contribution >= 4 is 5.97 Å². The van der Waals surface area contributed by atoms with Gasteiger partial charge in [0.2, 0.25) is 0 Å². The smallest absolute Gasteiger partial charge is 0.411 e. The van der Waals surface area contributed by atoms with E-state index in [2.05, 4.69) is 11.3 Å². The van der Waals surface area contributed by atoms with Gasteiger partial charge in [-0.1, -0.05) is 6.58 Å². The first-order valence-electron chi connectivity index (χ1n) is 3.38. The van der Waals surface area contributed by atoms with Crippen molar-refractivity contribution in [1.29, 1.82) is 0 Å². The highest BCUT2D eigenvalue weighted by molar-refractivity contribution is 5.85. The molecule has 0 saturated carbocycles. The highest BCUT2D eigenvalue weighted by Crippen LogP contribution is 2.14. The number of hydrogen-bond donors (Lipinski definition) is 1. The second-order valence-electron chi connectivity index (χ2n) is 2.33. The van der Waals surface area contributed by atoms with Crippen molar-refractivity contribution in [3.8, 4) is 0 Å². The summed E-state index contributed by atoms with van der Waals surface area (Å²) in [5.74, 6) is -1.23. The van der Waals surface area contributed by atoms with Crippen LogP contribution in [0.5, 0.6) is 0 Å². The van der Waals surface area contributed by atoms with E-state index in [1.165, 1.54) is 0 Å². The van der Waals surface area contributed by atoms with Crippen molar-refractivity contribution in [2.75, 3.05) is 13.2 Å². The third kappa shape index (κ3) is 7.32. The SMILES string of the molecule is C=C(CCOCC(F)(F)F)C(=O)O. The molecule has 6 heteroatoms. The maximum absolute atomic E-state index is 11.5. The number of alkyl halides is 3. The second-order valence-corrected chi connectivity index (χ2v) is 2.33. The fourth-order valence-electron chi connectivity index (χ4n) is 0.490. The van der Waals surface area contributed by atoms with Gasteiger partial charge in [-0.2, -0.15) is 13.2 Å². The van der Waals surface area contributed by atoms with Crippen LogP contribution in [0.15, 0.2) is 12.2 Å². The standard InChI is InChI=1S/C7H9F3O3/c1-5(6(11)12)2-3-13-4-7(8,9)10/h1-4H2,(H,11,12). The Kier molecular flexibility index (Phi) is 4.47. The van der Waals surface area contributed by atoms with Crippen LogP contribution in [-0.4, -0.2) is 30.5 Å². The fraction of sp³-hybridized carbons (Fsp3) is 0.571. The van der Waals surface area contributed by atoms with E-state index in [0.29, 0.717) is 0 Å². The minimum absolute atomic E-state index is 0.106. The number of halogens is 3. The van der Waals surface area contributed by atoms with Crippen LogP contribution in [-0.2, 0) is 9.53 Å². The molecule has 0 amide bonds. The molecule has 0 unspecified atom stereocenters. The molecule has 1 N–H and O–H groups in total. The third-order valence-corrected chi connectivity index (χ3v) is 1.12. The van der Waals surface area contributed by atoms with Crippen LogP contribution in [0.25, 0.3) is 0 Å². The number of rotatable bonds is 5. The third-order valence-electron chi connectivity index (χ3n) is 1.12. The van der Waals surface area contributed by atoms with Crippen LogP contribution >= 0.6 is 0 Å². The fourth-order valence-corrected chi connectivity index (χ4v) is 0.490. The largest absolute Gasteiger partial charge is 0.478 e. The van der Waals surface area contributed by atoms with E-state index in [9.17, 15) is 18.0 Å². The second kappa shape index (κ2) is 4.86. The van der Waals surface area contributed by atoms with E-state index >= 15 is 0 Å². The first-order chi connectivity index (χ1) is 5.83. The Hall–Kier alpha value is -1.04. The van der Waals surface area contributed by atoms with Crippen molar-refractivity contribution in [1.82, 2.24) is 0 Å². The van der Waals surface area contributed by atoms with Crippen molar-refractivity contribution in [2.24, 2.45) is 0 Å². The monoisotopic (exact) mass is 198 g/mol. The van der Waals surface area contributed by atoms with Gasteiger partial charge >= 0.3 is 12.1 Å². The highest BCUT2D eigenvalue weighted by Gasteiger charge is 2.27. The van der Waals surface area contributed by atoms with Crippen LogP contribution in [0.2, 0.25) is 0 Å². The summed E-state index contributed by atoms with van der Waals surface area (Å²) in [6.45, 7) is 1.48. The number of aliphatic carboxylic acids is 1. The lowest BCUT2D eigenvalue weighted by molar-refractivity contribution is -0.173. The van der Waals surface area contributed by atoms with Crippen LogP contribution in [0.3, 0.4) is 0 Å². The van der Waals surface area contributed by atoms with Gasteiger partial charge in [0, 0.05) is 12.0 Å². The molecule has 0 aromatic rings. The number of carboxylic acid groups (broad SMARTS) is 1. The minimum Gasteiger partial charge on any atom is -0.478 e. The Morgan fingerprint density at radius 1 is 1.46 bits per heavy atom. The van der Waals surface area contributed by atoms with E-state index in [0.717, 1.165) is 0 Å². The topological polar surface area (TPSA) is 46.5 Å². The molecule has 0 aromatic heterocycles. The normalized spacial score (nSPS) is 11.3. The Bertz CT molecular complexity index is 198. The summed E-state index contributed by atoms with van der Waals surface area (Å²) in [7, 11) is 0. The van der Waals surface area contributed by atoms with E-state index in [-0.39, 0.29) is 18.6 Å². The maximum Gasteiger partial charge on any atom is 0.411 e. The molecule has 0 aliphatic heterocycles. The van der Waals surface area contributed by atoms with Gasteiger partial charge in [-0.3, -0.25) is 0 Å². The zero-order valence-corrected chi connectivity index (χ0v) is 6.73. The molecule has 0 fully saturated rings. The Morgan fingerprint density at radius 3 is 2.38 bits per heavy atom.